The minimum absolute atomic E-state index is 0. The predicted molar refractivity (Wildman–Crippen MR) is 65.1 cm³/mol. The summed E-state index contributed by atoms with van der Waals surface area (Å²) in [5.74, 6) is -0.311. The minimum Gasteiger partial charge on any atom is -0.379 e. The first-order valence-corrected chi connectivity index (χ1v) is 6.12. The first-order chi connectivity index (χ1) is 8.32. The van der Waals surface area contributed by atoms with Crippen molar-refractivity contribution in [2.75, 3.05) is 19.6 Å². The van der Waals surface area contributed by atoms with Gasteiger partial charge in [-0.05, 0) is 19.4 Å². The highest BCUT2D eigenvalue weighted by Gasteiger charge is 2.57. The van der Waals surface area contributed by atoms with Crippen LogP contribution in [0.25, 0.3) is 0 Å². The Hall–Kier alpha value is -0.530. The van der Waals surface area contributed by atoms with Crippen LogP contribution in [-0.2, 0) is 4.79 Å². The maximum absolute atomic E-state index is 12.6. The molecule has 0 aliphatic carbocycles. The summed E-state index contributed by atoms with van der Waals surface area (Å²) in [6, 6.07) is 0.0667. The summed E-state index contributed by atoms with van der Waals surface area (Å²) in [6.45, 7) is 0.189. The summed E-state index contributed by atoms with van der Waals surface area (Å²) < 4.78 is 37.8. The number of β-amino-alcohol motifs (C(OH)–C–C–N with tert-alkyl or cyclic N) is 1. The molecule has 19 heavy (non-hydrogen) atoms. The number of hydrogen-bond acceptors (Lipinski definition) is 3. The Labute approximate surface area is 115 Å². The van der Waals surface area contributed by atoms with Gasteiger partial charge in [0.1, 0.15) is 0 Å². The number of likely N-dealkylation sites (tertiary alicyclic amines) is 1. The molecule has 8 heteroatoms. The summed E-state index contributed by atoms with van der Waals surface area (Å²) in [7, 11) is 0. The van der Waals surface area contributed by atoms with Crippen molar-refractivity contribution in [3.63, 3.8) is 0 Å². The standard InChI is InChI=1S/C11H17F3N2O2.ClH/c12-11(13,14)10(18)3-5-16(7-10)9(17)6-8-2-1-4-15-8;/h8,15,18H,1-7H2;1H. The van der Waals surface area contributed by atoms with Crippen LogP contribution < -0.4 is 5.32 Å². The largest absolute Gasteiger partial charge is 0.419 e. The van der Waals surface area contributed by atoms with E-state index in [1.165, 1.54) is 0 Å². The minimum atomic E-state index is -4.67. The van der Waals surface area contributed by atoms with E-state index < -0.39 is 24.7 Å². The molecular weight excluding hydrogens is 285 g/mol. The van der Waals surface area contributed by atoms with Crippen molar-refractivity contribution in [2.45, 2.75) is 43.5 Å². The molecule has 2 aliphatic heterocycles. The molecule has 2 unspecified atom stereocenters. The van der Waals surface area contributed by atoms with Gasteiger partial charge in [0.15, 0.2) is 5.60 Å². The number of nitrogens with zero attached hydrogens (tertiary/aromatic N) is 1. The molecule has 0 spiro atoms. The molecule has 2 rings (SSSR count). The quantitative estimate of drug-likeness (QED) is 0.802. The van der Waals surface area contributed by atoms with Gasteiger partial charge in [0, 0.05) is 25.4 Å². The summed E-state index contributed by atoms with van der Waals surface area (Å²) in [4.78, 5) is 12.9. The van der Waals surface area contributed by atoms with Crippen molar-refractivity contribution in [2.24, 2.45) is 0 Å². The van der Waals surface area contributed by atoms with Gasteiger partial charge < -0.3 is 15.3 Å². The summed E-state index contributed by atoms with van der Waals surface area (Å²) in [5, 5.41) is 12.6. The fourth-order valence-electron chi connectivity index (χ4n) is 2.51. The van der Waals surface area contributed by atoms with Gasteiger partial charge in [0.2, 0.25) is 5.91 Å². The molecule has 0 bridgehead atoms. The van der Waals surface area contributed by atoms with E-state index in [-0.39, 0.29) is 37.3 Å². The predicted octanol–water partition coefficient (Wildman–Crippen LogP) is 1.08. The molecule has 0 aromatic heterocycles. The van der Waals surface area contributed by atoms with Gasteiger partial charge in [0.05, 0.1) is 6.54 Å². The summed E-state index contributed by atoms with van der Waals surface area (Å²) in [5.41, 5.74) is -2.73. The topological polar surface area (TPSA) is 52.6 Å². The molecular formula is C11H18ClF3N2O2. The Morgan fingerprint density at radius 1 is 1.47 bits per heavy atom. The van der Waals surface area contributed by atoms with Crippen LogP contribution in [0.15, 0.2) is 0 Å². The Kier molecular flexibility index (Phi) is 5.08. The van der Waals surface area contributed by atoms with Crippen LogP contribution in [0.3, 0.4) is 0 Å². The number of rotatable bonds is 2. The van der Waals surface area contributed by atoms with Crippen LogP contribution >= 0.6 is 12.4 Å². The maximum atomic E-state index is 12.6. The van der Waals surface area contributed by atoms with Crippen LogP contribution in [0.4, 0.5) is 13.2 Å². The molecule has 0 aromatic carbocycles. The third-order valence-corrected chi connectivity index (χ3v) is 3.71. The second-order valence-electron chi connectivity index (χ2n) is 5.09. The molecule has 0 saturated carbocycles. The molecule has 2 heterocycles. The average molecular weight is 303 g/mol. The molecule has 4 nitrogen and oxygen atoms in total. The van der Waals surface area contributed by atoms with Crippen molar-refractivity contribution in [3.05, 3.63) is 0 Å². The number of carbonyl (C=O) groups excluding carboxylic acids is 1. The van der Waals surface area contributed by atoms with Crippen molar-refractivity contribution in [1.82, 2.24) is 10.2 Å². The Morgan fingerprint density at radius 3 is 2.63 bits per heavy atom. The highest BCUT2D eigenvalue weighted by molar-refractivity contribution is 5.85. The van der Waals surface area contributed by atoms with Crippen LogP contribution in [0, 0.1) is 0 Å². The van der Waals surface area contributed by atoms with Gasteiger partial charge in [-0.1, -0.05) is 0 Å². The third kappa shape index (κ3) is 3.52. The summed E-state index contributed by atoms with van der Waals surface area (Å²) in [6.07, 6.45) is -3.02. The molecule has 2 aliphatic rings. The lowest BCUT2D eigenvalue weighted by molar-refractivity contribution is -0.253. The van der Waals surface area contributed by atoms with Gasteiger partial charge in [-0.15, -0.1) is 12.4 Å². The molecule has 2 fully saturated rings. The van der Waals surface area contributed by atoms with Gasteiger partial charge in [0.25, 0.3) is 0 Å². The highest BCUT2D eigenvalue weighted by atomic mass is 35.5. The van der Waals surface area contributed by atoms with E-state index >= 15 is 0 Å². The van der Waals surface area contributed by atoms with Crippen LogP contribution in [0.1, 0.15) is 25.7 Å². The first kappa shape index (κ1) is 16.5. The van der Waals surface area contributed by atoms with Gasteiger partial charge in [-0.3, -0.25) is 4.79 Å². The van der Waals surface area contributed by atoms with Gasteiger partial charge >= 0.3 is 6.18 Å². The van der Waals surface area contributed by atoms with E-state index in [9.17, 15) is 23.1 Å². The molecule has 0 aromatic rings. The zero-order valence-electron chi connectivity index (χ0n) is 10.4. The lowest BCUT2D eigenvalue weighted by Crippen LogP contribution is -2.48. The van der Waals surface area contributed by atoms with Gasteiger partial charge in [-0.25, -0.2) is 0 Å². The second-order valence-corrected chi connectivity index (χ2v) is 5.09. The zero-order chi connectivity index (χ0) is 13.4. The number of aliphatic hydroxyl groups is 1. The monoisotopic (exact) mass is 302 g/mol. The molecule has 2 saturated heterocycles. The Bertz CT molecular complexity index is 334. The lowest BCUT2D eigenvalue weighted by Gasteiger charge is -2.26. The van der Waals surface area contributed by atoms with E-state index in [1.807, 2.05) is 0 Å². The van der Waals surface area contributed by atoms with Crippen LogP contribution in [-0.4, -0.2) is 53.4 Å². The van der Waals surface area contributed by atoms with E-state index in [1.54, 1.807) is 0 Å². The summed E-state index contributed by atoms with van der Waals surface area (Å²) >= 11 is 0. The van der Waals surface area contributed by atoms with Crippen molar-refractivity contribution in [3.8, 4) is 0 Å². The molecule has 2 atom stereocenters. The van der Waals surface area contributed by atoms with Crippen LogP contribution in [0.5, 0.6) is 0 Å². The number of halogens is 4. The molecule has 1 amide bonds. The number of nitrogens with one attached hydrogen (secondary N) is 1. The second kappa shape index (κ2) is 5.85. The maximum Gasteiger partial charge on any atom is 0.419 e. The first-order valence-electron chi connectivity index (χ1n) is 6.12. The Balaban J connectivity index is 0.00000180. The van der Waals surface area contributed by atoms with Crippen molar-refractivity contribution >= 4 is 18.3 Å². The molecule has 0 radical (unpaired) electrons. The zero-order valence-corrected chi connectivity index (χ0v) is 11.2. The SMILES string of the molecule is Cl.O=C(CC1CCCN1)N1CCC(O)(C(F)(F)F)C1. The van der Waals surface area contributed by atoms with E-state index in [0.29, 0.717) is 0 Å². The average Bonchev–Trinajstić information content (AvgIpc) is 2.86. The van der Waals surface area contributed by atoms with E-state index in [2.05, 4.69) is 5.32 Å². The number of amides is 1. The normalized spacial score (nSPS) is 31.4. The fraction of sp³-hybridized carbons (Fsp3) is 0.909. The molecule has 112 valence electrons. The van der Waals surface area contributed by atoms with Crippen molar-refractivity contribution in [1.29, 1.82) is 0 Å². The fourth-order valence-corrected chi connectivity index (χ4v) is 2.51. The smallest absolute Gasteiger partial charge is 0.379 e. The third-order valence-electron chi connectivity index (χ3n) is 3.71. The Morgan fingerprint density at radius 2 is 2.16 bits per heavy atom. The number of alkyl halides is 3. The van der Waals surface area contributed by atoms with Crippen molar-refractivity contribution < 1.29 is 23.1 Å². The van der Waals surface area contributed by atoms with E-state index in [0.717, 1.165) is 24.3 Å². The molecule has 2 N–H and O–H groups in total. The lowest BCUT2D eigenvalue weighted by atomic mass is 10.0. The highest BCUT2D eigenvalue weighted by Crippen LogP contribution is 2.37. The van der Waals surface area contributed by atoms with Crippen LogP contribution in [0.2, 0.25) is 0 Å². The van der Waals surface area contributed by atoms with Gasteiger partial charge in [-0.2, -0.15) is 13.2 Å². The number of carbonyl (C=O) groups is 1. The van der Waals surface area contributed by atoms with E-state index in [4.69, 9.17) is 0 Å². The number of hydrogen-bond donors (Lipinski definition) is 2.